The Bertz CT molecular complexity index is 417. The molecule has 106 valence electrons. The first-order chi connectivity index (χ1) is 9.26. The highest BCUT2D eigenvalue weighted by molar-refractivity contribution is 5.04. The largest absolute Gasteiger partial charge is 0.394 e. The number of aliphatic hydroxyl groups is 1. The molecule has 2 fully saturated rings. The fraction of sp³-hybridized carbons (Fsp3) is 0.800. The molecule has 0 amide bonds. The van der Waals surface area contributed by atoms with Gasteiger partial charge in [0.05, 0.1) is 19.3 Å². The summed E-state index contributed by atoms with van der Waals surface area (Å²) in [4.78, 5) is 0. The minimum Gasteiger partial charge on any atom is -0.394 e. The summed E-state index contributed by atoms with van der Waals surface area (Å²) in [5, 5.41) is 16.8. The third-order valence-electron chi connectivity index (χ3n) is 5.08. The van der Waals surface area contributed by atoms with Crippen molar-refractivity contribution in [2.24, 2.45) is 17.8 Å². The molecule has 1 aromatic heterocycles. The van der Waals surface area contributed by atoms with E-state index >= 15 is 0 Å². The number of aliphatic hydroxyl groups excluding tert-OH is 1. The van der Waals surface area contributed by atoms with Gasteiger partial charge in [0.15, 0.2) is 0 Å². The molecule has 2 bridgehead atoms. The van der Waals surface area contributed by atoms with Gasteiger partial charge in [0.1, 0.15) is 0 Å². The molecular weight excluding hydrogens is 238 g/mol. The second-order valence-electron chi connectivity index (χ2n) is 6.34. The van der Waals surface area contributed by atoms with Crippen LogP contribution in [0.1, 0.15) is 38.2 Å². The molecule has 0 saturated heterocycles. The van der Waals surface area contributed by atoms with Gasteiger partial charge < -0.3 is 10.4 Å². The number of hydrogen-bond acceptors (Lipinski definition) is 3. The number of nitrogens with zero attached hydrogens (tertiary/aromatic N) is 2. The summed E-state index contributed by atoms with van der Waals surface area (Å²) in [5.41, 5.74) is 1.21. The standard InChI is InChI=1S/C15H25N3O/c1-11(15-7-12-2-3-14(15)6-12)16-8-13-9-17-18(10-13)4-5-19/h9-12,14-16,19H,2-8H2,1H3. The molecular formula is C15H25N3O. The van der Waals surface area contributed by atoms with Crippen LogP contribution in [0, 0.1) is 17.8 Å². The second kappa shape index (κ2) is 5.63. The van der Waals surface area contributed by atoms with Gasteiger partial charge in [0.2, 0.25) is 0 Å². The van der Waals surface area contributed by atoms with Gasteiger partial charge in [0.25, 0.3) is 0 Å². The Morgan fingerprint density at radius 2 is 2.37 bits per heavy atom. The number of hydrogen-bond donors (Lipinski definition) is 2. The topological polar surface area (TPSA) is 50.1 Å². The van der Waals surface area contributed by atoms with Crippen molar-refractivity contribution < 1.29 is 5.11 Å². The predicted molar refractivity (Wildman–Crippen MR) is 74.6 cm³/mol. The Labute approximate surface area is 115 Å². The molecule has 1 heterocycles. The molecule has 0 spiro atoms. The molecule has 0 aromatic carbocycles. The summed E-state index contributed by atoms with van der Waals surface area (Å²) in [7, 11) is 0. The predicted octanol–water partition coefficient (Wildman–Crippen LogP) is 1.79. The second-order valence-corrected chi connectivity index (χ2v) is 6.34. The van der Waals surface area contributed by atoms with E-state index < -0.39 is 0 Å². The van der Waals surface area contributed by atoms with Crippen LogP contribution in [0.5, 0.6) is 0 Å². The highest BCUT2D eigenvalue weighted by Gasteiger charge is 2.41. The van der Waals surface area contributed by atoms with E-state index in [4.69, 9.17) is 5.11 Å². The first-order valence-electron chi connectivity index (χ1n) is 7.62. The van der Waals surface area contributed by atoms with Crippen molar-refractivity contribution in [3.05, 3.63) is 18.0 Å². The van der Waals surface area contributed by atoms with Gasteiger partial charge in [-0.25, -0.2) is 0 Å². The average Bonchev–Trinajstić information content (AvgIpc) is 3.12. The van der Waals surface area contributed by atoms with E-state index in [9.17, 15) is 0 Å². The van der Waals surface area contributed by atoms with Crippen molar-refractivity contribution in [1.29, 1.82) is 0 Å². The summed E-state index contributed by atoms with van der Waals surface area (Å²) in [5.74, 6) is 2.88. The lowest BCUT2D eigenvalue weighted by molar-refractivity contribution is 0.259. The van der Waals surface area contributed by atoms with Crippen molar-refractivity contribution in [3.63, 3.8) is 0 Å². The van der Waals surface area contributed by atoms with Crippen LogP contribution >= 0.6 is 0 Å². The third-order valence-corrected chi connectivity index (χ3v) is 5.08. The Morgan fingerprint density at radius 3 is 3.05 bits per heavy atom. The molecule has 0 radical (unpaired) electrons. The minimum atomic E-state index is 0.149. The molecule has 2 aliphatic carbocycles. The third kappa shape index (κ3) is 2.84. The Kier molecular flexibility index (Phi) is 3.89. The summed E-state index contributed by atoms with van der Waals surface area (Å²) in [6.45, 7) is 3.96. The van der Waals surface area contributed by atoms with Crippen LogP contribution in [0.25, 0.3) is 0 Å². The van der Waals surface area contributed by atoms with Crippen LogP contribution in [0.4, 0.5) is 0 Å². The lowest BCUT2D eigenvalue weighted by atomic mass is 9.84. The van der Waals surface area contributed by atoms with Gasteiger partial charge >= 0.3 is 0 Å². The van der Waals surface area contributed by atoms with Crippen molar-refractivity contribution in [2.75, 3.05) is 6.61 Å². The zero-order valence-electron chi connectivity index (χ0n) is 11.8. The number of rotatable bonds is 6. The Balaban J connectivity index is 1.48. The van der Waals surface area contributed by atoms with Crippen LogP contribution in [0.15, 0.2) is 12.4 Å². The van der Waals surface area contributed by atoms with Crippen molar-refractivity contribution in [3.8, 4) is 0 Å². The number of fused-ring (bicyclic) bond motifs is 2. The lowest BCUT2D eigenvalue weighted by Gasteiger charge is -2.28. The average molecular weight is 263 g/mol. The first kappa shape index (κ1) is 13.1. The summed E-state index contributed by atoms with van der Waals surface area (Å²) >= 11 is 0. The Hall–Kier alpha value is -0.870. The molecule has 19 heavy (non-hydrogen) atoms. The van der Waals surface area contributed by atoms with Crippen molar-refractivity contribution in [2.45, 2.75) is 51.7 Å². The normalized spacial score (nSPS) is 30.9. The van der Waals surface area contributed by atoms with Crippen LogP contribution in [0.2, 0.25) is 0 Å². The van der Waals surface area contributed by atoms with E-state index in [0.29, 0.717) is 12.6 Å². The molecule has 3 rings (SSSR count). The van der Waals surface area contributed by atoms with Gasteiger partial charge in [-0.2, -0.15) is 5.10 Å². The minimum absolute atomic E-state index is 0.149. The maximum absolute atomic E-state index is 8.87. The highest BCUT2D eigenvalue weighted by atomic mass is 16.3. The zero-order valence-corrected chi connectivity index (χ0v) is 11.8. The smallest absolute Gasteiger partial charge is 0.0640 e. The van der Waals surface area contributed by atoms with E-state index in [-0.39, 0.29) is 6.61 Å². The zero-order chi connectivity index (χ0) is 13.2. The van der Waals surface area contributed by atoms with Gasteiger partial charge in [-0.15, -0.1) is 0 Å². The fourth-order valence-electron chi connectivity index (χ4n) is 4.06. The van der Waals surface area contributed by atoms with E-state index in [2.05, 4.69) is 17.3 Å². The SMILES string of the molecule is CC(NCc1cnn(CCO)c1)C1CC2CCC1C2. The van der Waals surface area contributed by atoms with Gasteiger partial charge in [-0.1, -0.05) is 6.42 Å². The molecule has 4 atom stereocenters. The summed E-state index contributed by atoms with van der Waals surface area (Å²) < 4.78 is 1.80. The monoisotopic (exact) mass is 263 g/mol. The maximum atomic E-state index is 8.87. The summed E-state index contributed by atoms with van der Waals surface area (Å²) in [6, 6.07) is 0.608. The van der Waals surface area contributed by atoms with Crippen molar-refractivity contribution in [1.82, 2.24) is 15.1 Å². The molecule has 2 N–H and O–H groups in total. The summed E-state index contributed by atoms with van der Waals surface area (Å²) in [6.07, 6.45) is 9.76. The highest BCUT2D eigenvalue weighted by Crippen LogP contribution is 2.49. The molecule has 1 aromatic rings. The van der Waals surface area contributed by atoms with Crippen molar-refractivity contribution >= 4 is 0 Å². The van der Waals surface area contributed by atoms with Gasteiger partial charge in [0, 0.05) is 24.3 Å². The van der Waals surface area contributed by atoms with Crippen LogP contribution in [-0.2, 0) is 13.1 Å². The lowest BCUT2D eigenvalue weighted by Crippen LogP contribution is -2.35. The van der Waals surface area contributed by atoms with Crippen LogP contribution < -0.4 is 5.32 Å². The fourth-order valence-corrected chi connectivity index (χ4v) is 4.06. The number of aromatic nitrogens is 2. The molecule has 4 heteroatoms. The molecule has 2 aliphatic rings. The quantitative estimate of drug-likeness (QED) is 0.822. The number of nitrogens with one attached hydrogen (secondary N) is 1. The van der Waals surface area contributed by atoms with Crippen LogP contribution in [0.3, 0.4) is 0 Å². The molecule has 0 aliphatic heterocycles. The van der Waals surface area contributed by atoms with E-state index in [1.807, 2.05) is 12.4 Å². The van der Waals surface area contributed by atoms with Crippen LogP contribution in [-0.4, -0.2) is 27.5 Å². The van der Waals surface area contributed by atoms with E-state index in [1.54, 1.807) is 4.68 Å². The molecule has 4 nitrogen and oxygen atoms in total. The molecule has 4 unspecified atom stereocenters. The molecule has 2 saturated carbocycles. The Morgan fingerprint density at radius 1 is 1.47 bits per heavy atom. The maximum Gasteiger partial charge on any atom is 0.0640 e. The van der Waals surface area contributed by atoms with E-state index in [0.717, 1.165) is 24.3 Å². The van der Waals surface area contributed by atoms with Gasteiger partial charge in [-0.3, -0.25) is 4.68 Å². The first-order valence-corrected chi connectivity index (χ1v) is 7.62. The van der Waals surface area contributed by atoms with E-state index in [1.165, 1.54) is 31.2 Å². The van der Waals surface area contributed by atoms with Gasteiger partial charge in [-0.05, 0) is 43.9 Å².